The number of anilines is 6. The maximum atomic E-state index is 12.0. The summed E-state index contributed by atoms with van der Waals surface area (Å²) in [5.74, 6) is -2.41. The van der Waals surface area contributed by atoms with E-state index < -0.39 is 130 Å². The van der Waals surface area contributed by atoms with Crippen molar-refractivity contribution in [3.8, 4) is 95.4 Å². The Balaban J connectivity index is 1.06. The van der Waals surface area contributed by atoms with Gasteiger partial charge in [0.05, 0.1) is 47.1 Å². The Labute approximate surface area is 665 Å². The highest BCUT2D eigenvalue weighted by Crippen LogP contribution is 2.62. The van der Waals surface area contributed by atoms with E-state index in [0.29, 0.717) is 67.2 Å². The third-order valence-electron chi connectivity index (χ3n) is 21.8. The van der Waals surface area contributed by atoms with E-state index in [1.54, 1.807) is 60.7 Å². The van der Waals surface area contributed by atoms with Gasteiger partial charge in [-0.15, -0.1) is 0 Å². The molecule has 15 aromatic carbocycles. The Hall–Kier alpha value is -12.6. The van der Waals surface area contributed by atoms with Gasteiger partial charge >= 0.3 is 0 Å². The van der Waals surface area contributed by atoms with E-state index in [1.807, 2.05) is 126 Å². The second-order valence-corrected chi connectivity index (χ2v) is 31.7. The van der Waals surface area contributed by atoms with Gasteiger partial charge in [-0.25, -0.2) is 0 Å². The molecule has 4 aliphatic heterocycles. The molecular formula is C103H82BN3O2. The van der Waals surface area contributed by atoms with Gasteiger partial charge in [-0.3, -0.25) is 0 Å². The van der Waals surface area contributed by atoms with E-state index in [-0.39, 0.29) is 108 Å². The number of benzene rings is 15. The van der Waals surface area contributed by atoms with Gasteiger partial charge in [0.25, 0.3) is 6.71 Å². The highest BCUT2D eigenvalue weighted by molar-refractivity contribution is 7.01. The first kappa shape index (κ1) is 49.3. The molecule has 0 radical (unpaired) electrons. The lowest BCUT2D eigenvalue weighted by atomic mass is 9.33. The van der Waals surface area contributed by atoms with E-state index in [1.165, 1.54) is 0 Å². The van der Waals surface area contributed by atoms with Crippen LogP contribution in [-0.4, -0.2) is 11.3 Å². The molecule has 5 nitrogen and oxygen atoms in total. The third kappa shape index (κ3) is 10.7. The van der Waals surface area contributed by atoms with E-state index >= 15 is 0 Å². The van der Waals surface area contributed by atoms with Crippen LogP contribution < -0.4 is 35.7 Å². The molecular weight excluding hydrogens is 1320 g/mol. The average Bonchev–Trinajstić information content (AvgIpc) is 1.01. The topological polar surface area (TPSA) is 29.9 Å². The molecule has 1 atom stereocenters. The SMILES string of the molecule is [2H]c1c([2H])c(-c2ccccc2)c([2H])c2c1Oc1c([2H])c3c(c4c1C2c1c([2H])c(-c2ccccc2)c([2H])c([2H])c1O4)B1c2c(cc(C(C)(C)C)cc2N3c2c(-c3ccccc3)cc(C(C)(C)C)cc2-c2ccccc2)N(c2c(-c3ccccc3)cc(C(C)(C)C)cc2-c2ccccc2)c2c([2H])c(-n3c4c([2H])c([2H])c([2H])c([2H])c4c4c([2H])c([2H])c([2H])c([2H])c43)c([2H])c([2H])c21. The van der Waals surface area contributed by atoms with Gasteiger partial charge < -0.3 is 23.8 Å². The van der Waals surface area contributed by atoms with Crippen molar-refractivity contribution >= 4 is 79.0 Å². The first-order chi connectivity index (χ1) is 60.5. The van der Waals surface area contributed by atoms with Gasteiger partial charge in [0.15, 0.2) is 0 Å². The van der Waals surface area contributed by atoms with Crippen LogP contribution in [0.4, 0.5) is 34.1 Å². The summed E-state index contributed by atoms with van der Waals surface area (Å²) >= 11 is 0. The lowest BCUT2D eigenvalue weighted by Gasteiger charge is -2.48. The monoisotopic (exact) mass is 1420 g/mol. The molecule has 6 heteroatoms. The molecule has 5 heterocycles. The predicted octanol–water partition coefficient (Wildman–Crippen LogP) is 26.2. The fourth-order valence-electron chi connectivity index (χ4n) is 16.4. The molecule has 0 fully saturated rings. The number of nitrogens with zero attached hydrogens (tertiary/aromatic N) is 3. The molecule has 0 aliphatic carbocycles. The molecule has 20 rings (SSSR count). The van der Waals surface area contributed by atoms with Crippen LogP contribution >= 0.6 is 0 Å². The minimum absolute atomic E-state index is 0.00754. The number of para-hydroxylation sites is 2. The van der Waals surface area contributed by atoms with E-state index in [0.717, 1.165) is 37.9 Å². The number of hydrogen-bond donors (Lipinski definition) is 0. The Morgan fingerprint density at radius 1 is 0.339 bits per heavy atom. The minimum atomic E-state index is -1.56. The Bertz CT molecular complexity index is 7230. The average molecular weight is 1420 g/mol. The van der Waals surface area contributed by atoms with E-state index in [9.17, 15) is 24.7 Å². The summed E-state index contributed by atoms with van der Waals surface area (Å²) in [5, 5.41) is -0.645. The lowest BCUT2D eigenvalue weighted by Crippen LogP contribution is -2.62. The van der Waals surface area contributed by atoms with Crippen LogP contribution in [0.2, 0.25) is 0 Å². The zero-order valence-electron chi connectivity index (χ0n) is 79.6. The van der Waals surface area contributed by atoms with Crippen LogP contribution in [0.1, 0.15) is 126 Å². The summed E-state index contributed by atoms with van der Waals surface area (Å²) in [5.41, 5.74) is 8.08. The molecule has 0 saturated carbocycles. The first-order valence-corrected chi connectivity index (χ1v) is 37.0. The van der Waals surface area contributed by atoms with Gasteiger partial charge in [-0.05, 0) is 179 Å². The summed E-state index contributed by atoms with van der Waals surface area (Å²) in [6.07, 6.45) is 0. The number of ether oxygens (including phenoxy) is 2. The van der Waals surface area contributed by atoms with Gasteiger partial charge in [0, 0.05) is 90.1 Å². The summed E-state index contributed by atoms with van der Waals surface area (Å²) < 4.78 is 203. The quantitative estimate of drug-likeness (QED) is 0.135. The number of rotatable bonds is 9. The normalized spacial score (nSPS) is 16.2. The van der Waals surface area contributed by atoms with E-state index in [4.69, 9.17) is 9.47 Å². The smallest absolute Gasteiger partial charge is 0.257 e. The van der Waals surface area contributed by atoms with Gasteiger partial charge in [0.2, 0.25) is 0 Å². The molecule has 0 N–H and O–H groups in total. The Kier molecular flexibility index (Phi) is 11.3. The van der Waals surface area contributed by atoms with E-state index in [2.05, 4.69) is 104 Å². The molecule has 0 spiro atoms. The van der Waals surface area contributed by atoms with Gasteiger partial charge in [-0.2, -0.15) is 0 Å². The molecule has 1 unspecified atom stereocenters. The van der Waals surface area contributed by atoms with Crippen molar-refractivity contribution in [2.24, 2.45) is 0 Å². The van der Waals surface area contributed by atoms with Crippen molar-refractivity contribution in [1.29, 1.82) is 0 Å². The van der Waals surface area contributed by atoms with Crippen LogP contribution in [0, 0.1) is 0 Å². The molecule has 0 amide bonds. The molecule has 109 heavy (non-hydrogen) atoms. The summed E-state index contributed by atoms with van der Waals surface area (Å²) in [6, 6.07) is 59.8. The molecule has 16 aromatic rings. The Morgan fingerprint density at radius 2 is 0.725 bits per heavy atom. The number of hydrogen-bond acceptors (Lipinski definition) is 4. The van der Waals surface area contributed by atoms with Crippen molar-refractivity contribution in [2.45, 2.75) is 84.5 Å². The fourth-order valence-corrected chi connectivity index (χ4v) is 16.4. The van der Waals surface area contributed by atoms with Crippen molar-refractivity contribution in [1.82, 2.24) is 4.57 Å². The standard InChI is InChI=1S/C103H82BN3O2/c1-101(2,3)72-56-78(66-36-20-12-21-37-66)98(79(57-72)67-38-22-13-23-39-67)106-87-62-75(105-85-46-30-28-44-76(85)77-45-29-31-47-86(77)105)50-51-84(87)104-96-88(106)60-74(103(7,8)9)61-89(96)107(99-80(68-40-24-14-25-41-68)58-73(102(4,5)6)59-81(99)69-42-26-15-27-43-69)90-63-93-95-94(82-54-70(48-52-91(82)108-93)64-32-16-10-17-33-64)83-55-71(65-34-18-11-19-35-65)49-53-92(83)109-100(95)97(90)104/h10-63,94H,1-9H3/i28D,29D,30D,31D,44D,45D,46D,47D,48D,49D,50D,51D,52D,53D,54D,55D,62D,63D. The minimum Gasteiger partial charge on any atom is -0.457 e. The zero-order valence-corrected chi connectivity index (χ0v) is 61.6. The number of aromatic nitrogens is 1. The highest BCUT2D eigenvalue weighted by atomic mass is 16.5. The predicted molar refractivity (Wildman–Crippen MR) is 457 cm³/mol. The fraction of sp³-hybridized carbons (Fsp3) is 0.126. The van der Waals surface area contributed by atoms with Crippen LogP contribution in [-0.2, 0) is 16.2 Å². The van der Waals surface area contributed by atoms with Crippen molar-refractivity contribution < 1.29 is 34.1 Å². The van der Waals surface area contributed by atoms with Crippen LogP contribution in [0.15, 0.2) is 327 Å². The molecule has 0 saturated heterocycles. The van der Waals surface area contributed by atoms with Crippen LogP contribution in [0.25, 0.3) is 94.3 Å². The molecule has 524 valence electrons. The summed E-state index contributed by atoms with van der Waals surface area (Å²) in [6.45, 7) is 17.5. The molecule has 1 aromatic heterocycles. The molecule has 0 bridgehead atoms. The third-order valence-corrected chi connectivity index (χ3v) is 21.8. The van der Waals surface area contributed by atoms with Crippen LogP contribution in [0.5, 0.6) is 23.0 Å². The second-order valence-electron chi connectivity index (χ2n) is 31.7. The summed E-state index contributed by atoms with van der Waals surface area (Å²) in [4.78, 5) is 4.03. The Morgan fingerprint density at radius 3 is 1.15 bits per heavy atom. The maximum absolute atomic E-state index is 12.0. The van der Waals surface area contributed by atoms with Gasteiger partial charge in [0.1, 0.15) is 23.0 Å². The van der Waals surface area contributed by atoms with Crippen molar-refractivity contribution in [3.63, 3.8) is 0 Å². The lowest BCUT2D eigenvalue weighted by molar-refractivity contribution is 0.412. The van der Waals surface area contributed by atoms with Crippen LogP contribution in [0.3, 0.4) is 0 Å². The second kappa shape index (κ2) is 25.0. The zero-order chi connectivity index (χ0) is 89.4. The van der Waals surface area contributed by atoms with Gasteiger partial charge in [-0.1, -0.05) is 299 Å². The maximum Gasteiger partial charge on any atom is 0.257 e. The van der Waals surface area contributed by atoms with Crippen molar-refractivity contribution in [2.75, 3.05) is 9.80 Å². The first-order valence-electron chi connectivity index (χ1n) is 46.0. The largest absolute Gasteiger partial charge is 0.457 e. The van der Waals surface area contributed by atoms with Crippen molar-refractivity contribution in [3.05, 3.63) is 361 Å². The summed E-state index contributed by atoms with van der Waals surface area (Å²) in [7, 11) is 0. The number of fused-ring (bicyclic) bond motifs is 12. The molecule has 4 aliphatic rings. The highest BCUT2D eigenvalue weighted by Gasteiger charge is 2.51.